The summed E-state index contributed by atoms with van der Waals surface area (Å²) in [4.78, 5) is 27.3. The Hall–Kier alpha value is -3.57. The van der Waals surface area contributed by atoms with E-state index in [1.54, 1.807) is 0 Å². The summed E-state index contributed by atoms with van der Waals surface area (Å²) in [5, 5.41) is 10.9. The van der Waals surface area contributed by atoms with Gasteiger partial charge in [0.2, 0.25) is 0 Å². The number of hydrogen-bond acceptors (Lipinski definition) is 6. The van der Waals surface area contributed by atoms with E-state index in [2.05, 4.69) is 16.3 Å². The Balaban J connectivity index is 2.45. The number of aryl methyl sites for hydroxylation is 2. The van der Waals surface area contributed by atoms with Crippen molar-refractivity contribution in [3.05, 3.63) is 87.0 Å². The number of nitrogens with zero attached hydrogens (tertiary/aromatic N) is 2. The van der Waals surface area contributed by atoms with E-state index in [4.69, 9.17) is 22.1 Å². The number of ether oxygens (including phenoxy) is 2. The molecular weight excluding hydrogens is 503 g/mol. The van der Waals surface area contributed by atoms with E-state index in [9.17, 15) is 27.9 Å². The molecule has 1 aromatic carbocycles. The molecule has 1 aromatic heterocycles. The topological polar surface area (TPSA) is 116 Å². The zero-order valence-corrected chi connectivity index (χ0v) is 20.6. The van der Waals surface area contributed by atoms with Crippen LogP contribution in [0.5, 0.6) is 5.75 Å². The maximum absolute atomic E-state index is 14.3. The van der Waals surface area contributed by atoms with Crippen LogP contribution in [0.15, 0.2) is 64.7 Å². The summed E-state index contributed by atoms with van der Waals surface area (Å²) in [5.74, 6) is -2.24. The molecule has 194 valence electrons. The average Bonchev–Trinajstić information content (AvgIpc) is 2.80. The predicted molar refractivity (Wildman–Crippen MR) is 129 cm³/mol. The SMILES string of the molecule is C=C/C(=C\N=C(/N)Oc1ccc([C@H](C)[C@](O)(c2cc(C)c(=O)n(C)c2)C(F)(F)F)c(Cl)c1)C(=O)OC. The van der Waals surface area contributed by atoms with E-state index in [1.165, 1.54) is 52.3 Å². The lowest BCUT2D eigenvalue weighted by atomic mass is 9.78. The molecule has 0 amide bonds. The summed E-state index contributed by atoms with van der Waals surface area (Å²) in [6.07, 6.45) is -1.91. The van der Waals surface area contributed by atoms with Gasteiger partial charge < -0.3 is 24.9 Å². The molecule has 0 unspecified atom stereocenters. The monoisotopic (exact) mass is 527 g/mol. The van der Waals surface area contributed by atoms with Gasteiger partial charge in [-0.25, -0.2) is 9.79 Å². The highest BCUT2D eigenvalue weighted by atomic mass is 35.5. The van der Waals surface area contributed by atoms with E-state index in [-0.39, 0.29) is 27.5 Å². The molecule has 0 aliphatic rings. The second-order valence-corrected chi connectivity index (χ2v) is 8.25. The minimum absolute atomic E-state index is 0.00587. The largest absolute Gasteiger partial charge is 0.465 e. The van der Waals surface area contributed by atoms with Crippen molar-refractivity contribution >= 4 is 23.6 Å². The lowest BCUT2D eigenvalue weighted by Gasteiger charge is -2.37. The van der Waals surface area contributed by atoms with Crippen LogP contribution in [0.25, 0.3) is 0 Å². The molecule has 1 heterocycles. The smallest absolute Gasteiger partial charge is 0.422 e. The molecule has 0 aliphatic carbocycles. The molecule has 0 saturated carbocycles. The Bertz CT molecular complexity index is 1260. The van der Waals surface area contributed by atoms with Crippen LogP contribution in [0.1, 0.15) is 29.5 Å². The normalized spacial score (nSPS) is 15.1. The zero-order valence-electron chi connectivity index (χ0n) is 19.9. The quantitative estimate of drug-likeness (QED) is 0.186. The van der Waals surface area contributed by atoms with Crippen molar-refractivity contribution in [2.75, 3.05) is 7.11 Å². The highest BCUT2D eigenvalue weighted by molar-refractivity contribution is 6.31. The number of esters is 1. The molecule has 0 aliphatic heterocycles. The summed E-state index contributed by atoms with van der Waals surface area (Å²) < 4.78 is 53.6. The molecule has 2 rings (SSSR count). The van der Waals surface area contributed by atoms with Gasteiger partial charge in [-0.05, 0) is 30.7 Å². The van der Waals surface area contributed by atoms with Crippen LogP contribution >= 0.6 is 11.6 Å². The number of nitrogens with two attached hydrogens (primary N) is 1. The molecule has 2 atom stereocenters. The first kappa shape index (κ1) is 28.7. The van der Waals surface area contributed by atoms with E-state index in [0.717, 1.165) is 23.0 Å². The summed E-state index contributed by atoms with van der Waals surface area (Å²) in [6.45, 7) is 5.97. The molecule has 8 nitrogen and oxygen atoms in total. The number of methoxy groups -OCH3 is 1. The van der Waals surface area contributed by atoms with Gasteiger partial charge in [-0.2, -0.15) is 13.2 Å². The summed E-state index contributed by atoms with van der Waals surface area (Å²) in [5.41, 5.74) is 1.32. The summed E-state index contributed by atoms with van der Waals surface area (Å²) in [7, 11) is 2.47. The molecule has 0 fully saturated rings. The summed E-state index contributed by atoms with van der Waals surface area (Å²) >= 11 is 6.27. The number of amidine groups is 1. The molecular formula is C24H25ClF3N3O5. The Kier molecular flexibility index (Phi) is 8.76. The number of halogens is 4. The van der Waals surface area contributed by atoms with Crippen molar-refractivity contribution in [1.29, 1.82) is 0 Å². The first-order valence-corrected chi connectivity index (χ1v) is 10.7. The van der Waals surface area contributed by atoms with Crippen molar-refractivity contribution in [2.45, 2.75) is 31.5 Å². The number of aromatic nitrogens is 1. The van der Waals surface area contributed by atoms with Crippen LogP contribution in [0.3, 0.4) is 0 Å². The van der Waals surface area contributed by atoms with Gasteiger partial charge in [0.15, 0.2) is 5.60 Å². The first-order valence-electron chi connectivity index (χ1n) is 10.4. The summed E-state index contributed by atoms with van der Waals surface area (Å²) in [6, 6.07) is 4.36. The fourth-order valence-electron chi connectivity index (χ4n) is 3.48. The van der Waals surface area contributed by atoms with Gasteiger partial charge in [0, 0.05) is 41.5 Å². The second-order valence-electron chi connectivity index (χ2n) is 7.85. The number of hydrogen-bond donors (Lipinski definition) is 2. The van der Waals surface area contributed by atoms with Crippen LogP contribution in [0.4, 0.5) is 13.2 Å². The van der Waals surface area contributed by atoms with Crippen molar-refractivity contribution in [3.8, 4) is 5.75 Å². The number of carbonyl (C=O) groups is 1. The molecule has 2 aromatic rings. The number of benzene rings is 1. The number of rotatable bonds is 7. The van der Waals surface area contributed by atoms with Gasteiger partial charge in [-0.15, -0.1) is 0 Å². The maximum Gasteiger partial charge on any atom is 0.422 e. The fraction of sp³-hybridized carbons (Fsp3) is 0.292. The molecule has 0 radical (unpaired) electrons. The van der Waals surface area contributed by atoms with E-state index in [1.807, 2.05) is 0 Å². The molecule has 12 heteroatoms. The fourth-order valence-corrected chi connectivity index (χ4v) is 3.81. The lowest BCUT2D eigenvalue weighted by Crippen LogP contribution is -2.47. The van der Waals surface area contributed by atoms with E-state index < -0.39 is 40.8 Å². The van der Waals surface area contributed by atoms with Gasteiger partial charge in [0.25, 0.3) is 11.6 Å². The minimum atomic E-state index is -5.11. The first-order chi connectivity index (χ1) is 16.7. The highest BCUT2D eigenvalue weighted by Gasteiger charge is 2.59. The molecule has 36 heavy (non-hydrogen) atoms. The molecule has 0 spiro atoms. The van der Waals surface area contributed by atoms with E-state index in [0.29, 0.717) is 0 Å². The number of pyridine rings is 1. The van der Waals surface area contributed by atoms with Gasteiger partial charge in [-0.1, -0.05) is 37.2 Å². The molecule has 0 saturated heterocycles. The van der Waals surface area contributed by atoms with Crippen LogP contribution < -0.4 is 16.0 Å². The Morgan fingerprint density at radius 3 is 2.47 bits per heavy atom. The third-order valence-corrected chi connectivity index (χ3v) is 5.82. The van der Waals surface area contributed by atoms with Crippen LogP contribution in [-0.2, 0) is 22.2 Å². The highest BCUT2D eigenvalue weighted by Crippen LogP contribution is 2.49. The number of carbonyl (C=O) groups excluding carboxylic acids is 1. The Labute approximate surface area is 210 Å². The molecule has 0 bridgehead atoms. The maximum atomic E-state index is 14.3. The molecule has 3 N–H and O–H groups in total. The van der Waals surface area contributed by atoms with Gasteiger partial charge >= 0.3 is 12.1 Å². The minimum Gasteiger partial charge on any atom is -0.465 e. The number of alkyl halides is 3. The van der Waals surface area contributed by atoms with Crippen molar-refractivity contribution < 1.29 is 32.5 Å². The zero-order chi connectivity index (χ0) is 27.4. The number of aliphatic imine (C=N–C) groups is 1. The van der Waals surface area contributed by atoms with Crippen LogP contribution in [0, 0.1) is 6.92 Å². The van der Waals surface area contributed by atoms with Crippen molar-refractivity contribution in [3.63, 3.8) is 0 Å². The Morgan fingerprint density at radius 2 is 1.97 bits per heavy atom. The standard InChI is InChI=1S/C24H25ClF3N3O5/c1-6-15(21(33)35-5)11-30-22(29)36-17-7-8-18(19(25)10-17)14(3)23(34,24(26,27)28)16-9-13(2)20(32)31(4)12-16/h6-12,14,34H,1H2,2-5H3,(H2,29,30)/b15-11+/t14-,23-/m0/s1. The second kappa shape index (κ2) is 11.0. The van der Waals surface area contributed by atoms with Gasteiger partial charge in [0.05, 0.1) is 12.7 Å². The number of aliphatic hydroxyl groups is 1. The van der Waals surface area contributed by atoms with Crippen LogP contribution in [0.2, 0.25) is 5.02 Å². The third-order valence-electron chi connectivity index (χ3n) is 5.49. The Morgan fingerprint density at radius 1 is 1.33 bits per heavy atom. The average molecular weight is 528 g/mol. The lowest BCUT2D eigenvalue weighted by molar-refractivity contribution is -0.274. The van der Waals surface area contributed by atoms with Crippen molar-refractivity contribution in [1.82, 2.24) is 4.57 Å². The van der Waals surface area contributed by atoms with Gasteiger partial charge in [0.1, 0.15) is 5.75 Å². The third kappa shape index (κ3) is 5.80. The van der Waals surface area contributed by atoms with Crippen LogP contribution in [-0.4, -0.2) is 35.0 Å². The van der Waals surface area contributed by atoms with Gasteiger partial charge in [-0.3, -0.25) is 4.79 Å². The van der Waals surface area contributed by atoms with Crippen molar-refractivity contribution in [2.24, 2.45) is 17.8 Å². The predicted octanol–water partition coefficient (Wildman–Crippen LogP) is 3.84. The van der Waals surface area contributed by atoms with E-state index >= 15 is 0 Å².